The van der Waals surface area contributed by atoms with E-state index in [1.54, 1.807) is 0 Å². The van der Waals surface area contributed by atoms with Gasteiger partial charge in [-0.2, -0.15) is 0 Å². The van der Waals surface area contributed by atoms with Crippen molar-refractivity contribution in [2.45, 2.75) is 48.3 Å². The molecule has 0 unspecified atom stereocenters. The van der Waals surface area contributed by atoms with Crippen LogP contribution in [0.25, 0.3) is 22.3 Å². The Balaban J connectivity index is 1.64. The third-order valence-corrected chi connectivity index (χ3v) is 8.95. The zero-order chi connectivity index (χ0) is 22.3. The molecule has 0 atom stereocenters. The summed E-state index contributed by atoms with van der Waals surface area (Å²) in [6, 6.07) is 28.7. The van der Waals surface area contributed by atoms with Gasteiger partial charge in [0.25, 0.3) is 0 Å². The molecule has 0 aromatic heterocycles. The minimum Gasteiger partial charge on any atom is -0.0881 e. The molecule has 158 valence electrons. The van der Waals surface area contributed by atoms with E-state index < -0.39 is 0 Å². The zero-order valence-corrected chi connectivity index (χ0v) is 20.4. The first kappa shape index (κ1) is 20.1. The Morgan fingerprint density at radius 3 is 1.94 bits per heavy atom. The summed E-state index contributed by atoms with van der Waals surface area (Å²) in [6.45, 7) is 9.45. The van der Waals surface area contributed by atoms with Gasteiger partial charge in [-0.1, -0.05) is 118 Å². The summed E-state index contributed by atoms with van der Waals surface area (Å²) >= 11 is 8.14. The second-order valence-corrected chi connectivity index (χ2v) is 11.4. The van der Waals surface area contributed by atoms with Crippen molar-refractivity contribution < 1.29 is 0 Å². The fraction of sp³-hybridized carbons (Fsp3) is 0.200. The molecule has 0 radical (unpaired) electrons. The molecule has 0 saturated heterocycles. The van der Waals surface area contributed by atoms with Crippen LogP contribution in [0.15, 0.2) is 88.7 Å². The maximum atomic E-state index is 6.19. The molecule has 4 aromatic carbocycles. The van der Waals surface area contributed by atoms with E-state index in [-0.39, 0.29) is 10.8 Å². The fourth-order valence-corrected chi connectivity index (χ4v) is 7.42. The van der Waals surface area contributed by atoms with Crippen LogP contribution in [0.2, 0.25) is 5.02 Å². The molecule has 6 rings (SSSR count). The van der Waals surface area contributed by atoms with Gasteiger partial charge in [0.2, 0.25) is 0 Å². The number of halogens is 1. The lowest BCUT2D eigenvalue weighted by atomic mass is 9.75. The van der Waals surface area contributed by atoms with Crippen molar-refractivity contribution in [1.82, 2.24) is 0 Å². The van der Waals surface area contributed by atoms with Crippen molar-refractivity contribution in [2.24, 2.45) is 0 Å². The SMILES string of the molecule is CC1(C)c2cccc(-c3ccc(Cl)cc3)c2Sc2c1ccc1c2-c2ccccc2C1(C)C. The van der Waals surface area contributed by atoms with E-state index in [0.717, 1.165) is 5.02 Å². The second-order valence-electron chi connectivity index (χ2n) is 9.95. The average molecular weight is 453 g/mol. The van der Waals surface area contributed by atoms with E-state index in [1.165, 1.54) is 54.3 Å². The van der Waals surface area contributed by atoms with Crippen LogP contribution in [0.1, 0.15) is 49.9 Å². The highest BCUT2D eigenvalue weighted by Gasteiger charge is 2.42. The highest BCUT2D eigenvalue weighted by molar-refractivity contribution is 7.99. The first-order chi connectivity index (χ1) is 15.3. The molecule has 0 spiro atoms. The van der Waals surface area contributed by atoms with Crippen LogP contribution in [0.4, 0.5) is 0 Å². The predicted octanol–water partition coefficient (Wildman–Crippen LogP) is 9.10. The molecule has 0 saturated carbocycles. The van der Waals surface area contributed by atoms with Crippen LogP contribution < -0.4 is 0 Å². The van der Waals surface area contributed by atoms with Crippen molar-refractivity contribution >= 4 is 23.4 Å². The Kier molecular flexibility index (Phi) is 4.26. The van der Waals surface area contributed by atoms with E-state index in [0.29, 0.717) is 0 Å². The Bertz CT molecular complexity index is 1390. The Morgan fingerprint density at radius 2 is 1.16 bits per heavy atom. The Morgan fingerprint density at radius 1 is 0.562 bits per heavy atom. The van der Waals surface area contributed by atoms with Gasteiger partial charge in [-0.25, -0.2) is 0 Å². The highest BCUT2D eigenvalue weighted by Crippen LogP contribution is 2.59. The highest BCUT2D eigenvalue weighted by atomic mass is 35.5. The van der Waals surface area contributed by atoms with Gasteiger partial charge >= 0.3 is 0 Å². The molecule has 0 fully saturated rings. The van der Waals surface area contributed by atoms with Gasteiger partial charge in [0.05, 0.1) is 0 Å². The summed E-state index contributed by atoms with van der Waals surface area (Å²) in [4.78, 5) is 2.78. The monoisotopic (exact) mass is 452 g/mol. The summed E-state index contributed by atoms with van der Waals surface area (Å²) in [7, 11) is 0. The van der Waals surface area contributed by atoms with Crippen LogP contribution in [0.3, 0.4) is 0 Å². The van der Waals surface area contributed by atoms with E-state index in [1.807, 2.05) is 23.9 Å². The van der Waals surface area contributed by atoms with Gasteiger partial charge in [0, 0.05) is 31.2 Å². The first-order valence-electron chi connectivity index (χ1n) is 11.2. The van der Waals surface area contributed by atoms with Gasteiger partial charge < -0.3 is 0 Å². The Labute approximate surface area is 199 Å². The van der Waals surface area contributed by atoms with Gasteiger partial charge in [-0.15, -0.1) is 0 Å². The molecular formula is C30H25ClS. The average Bonchev–Trinajstić information content (AvgIpc) is 3.02. The van der Waals surface area contributed by atoms with Crippen molar-refractivity contribution in [3.63, 3.8) is 0 Å². The van der Waals surface area contributed by atoms with Crippen LogP contribution >= 0.6 is 23.4 Å². The van der Waals surface area contributed by atoms with Gasteiger partial charge in [-0.05, 0) is 51.1 Å². The van der Waals surface area contributed by atoms with E-state index in [2.05, 4.69) is 94.4 Å². The predicted molar refractivity (Wildman–Crippen MR) is 137 cm³/mol. The molecule has 2 aliphatic rings. The third kappa shape index (κ3) is 2.65. The van der Waals surface area contributed by atoms with Crippen LogP contribution in [-0.4, -0.2) is 0 Å². The van der Waals surface area contributed by atoms with Crippen molar-refractivity contribution in [1.29, 1.82) is 0 Å². The van der Waals surface area contributed by atoms with E-state index >= 15 is 0 Å². The lowest BCUT2D eigenvalue weighted by molar-refractivity contribution is 0.605. The summed E-state index contributed by atoms with van der Waals surface area (Å²) < 4.78 is 0. The van der Waals surface area contributed by atoms with Gasteiger partial charge in [0.1, 0.15) is 0 Å². The summed E-state index contributed by atoms with van der Waals surface area (Å²) in [5.74, 6) is 0. The van der Waals surface area contributed by atoms with Crippen LogP contribution in [-0.2, 0) is 10.8 Å². The quantitative estimate of drug-likeness (QED) is 0.277. The van der Waals surface area contributed by atoms with Crippen molar-refractivity contribution in [2.75, 3.05) is 0 Å². The van der Waals surface area contributed by atoms with E-state index in [9.17, 15) is 0 Å². The second kappa shape index (κ2) is 6.76. The van der Waals surface area contributed by atoms with Gasteiger partial charge in [0.15, 0.2) is 0 Å². The molecule has 0 amide bonds. The smallest absolute Gasteiger partial charge is 0.0406 e. The minimum absolute atomic E-state index is 0.0155. The number of benzene rings is 4. The van der Waals surface area contributed by atoms with Gasteiger partial charge in [-0.3, -0.25) is 0 Å². The number of hydrogen-bond donors (Lipinski definition) is 0. The lowest BCUT2D eigenvalue weighted by Gasteiger charge is -2.37. The fourth-order valence-electron chi connectivity index (χ4n) is 5.60. The third-order valence-electron chi connectivity index (χ3n) is 7.42. The number of rotatable bonds is 1. The zero-order valence-electron chi connectivity index (χ0n) is 18.8. The minimum atomic E-state index is -0.0743. The van der Waals surface area contributed by atoms with E-state index in [4.69, 9.17) is 11.6 Å². The lowest BCUT2D eigenvalue weighted by Crippen LogP contribution is -2.25. The number of hydrogen-bond acceptors (Lipinski definition) is 1. The standard InChI is InChI=1S/C30H25ClS/c1-29(2)22-10-6-5-8-21(22)26-23(29)16-17-25-28(26)32-27-20(18-12-14-19(31)15-13-18)9-7-11-24(27)30(25,3)4/h5-17H,1-4H3. The summed E-state index contributed by atoms with van der Waals surface area (Å²) in [5, 5.41) is 0.772. The molecular weight excluding hydrogens is 428 g/mol. The molecule has 0 N–H and O–H groups in total. The van der Waals surface area contributed by atoms with Crippen molar-refractivity contribution in [3.05, 3.63) is 106 Å². The summed E-state index contributed by atoms with van der Waals surface area (Å²) in [6.07, 6.45) is 0. The van der Waals surface area contributed by atoms with Crippen LogP contribution in [0, 0.1) is 0 Å². The normalized spacial score (nSPS) is 16.7. The molecule has 4 aromatic rings. The molecule has 1 aliphatic carbocycles. The molecule has 0 bridgehead atoms. The summed E-state index contributed by atoms with van der Waals surface area (Å²) in [5.41, 5.74) is 10.9. The largest absolute Gasteiger partial charge is 0.0881 e. The molecule has 1 aliphatic heterocycles. The molecule has 0 nitrogen and oxygen atoms in total. The number of fused-ring (bicyclic) bond motifs is 6. The Hall–Kier alpha value is -2.48. The van der Waals surface area contributed by atoms with Crippen molar-refractivity contribution in [3.8, 4) is 22.3 Å². The first-order valence-corrected chi connectivity index (χ1v) is 12.3. The molecule has 1 heterocycles. The maximum Gasteiger partial charge on any atom is 0.0406 e. The van der Waals surface area contributed by atoms with Crippen LogP contribution in [0.5, 0.6) is 0 Å². The molecule has 2 heteroatoms. The topological polar surface area (TPSA) is 0 Å². The maximum absolute atomic E-state index is 6.19. The molecule has 32 heavy (non-hydrogen) atoms.